The number of nitrogens with one attached hydrogen (secondary N) is 1. The Morgan fingerprint density at radius 1 is 1.12 bits per heavy atom. The van der Waals surface area contributed by atoms with E-state index in [1.807, 2.05) is 62.4 Å². The van der Waals surface area contributed by atoms with Gasteiger partial charge in [-0.05, 0) is 62.8 Å². The minimum Gasteiger partial charge on any atom is -0.493 e. The first-order chi connectivity index (χ1) is 16.3. The van der Waals surface area contributed by atoms with Gasteiger partial charge in [-0.1, -0.05) is 36.4 Å². The van der Waals surface area contributed by atoms with Gasteiger partial charge in [-0.25, -0.2) is 12.7 Å². The second-order valence-corrected chi connectivity index (χ2v) is 11.1. The average Bonchev–Trinajstić information content (AvgIpc) is 2.83. The largest absolute Gasteiger partial charge is 0.493 e. The number of hydrogen-bond acceptors (Lipinski definition) is 5. The molecule has 1 aliphatic heterocycles. The third-order valence-corrected chi connectivity index (χ3v) is 7.84. The predicted molar refractivity (Wildman–Crippen MR) is 133 cm³/mol. The highest BCUT2D eigenvalue weighted by molar-refractivity contribution is 7.89. The summed E-state index contributed by atoms with van der Waals surface area (Å²) in [6.45, 7) is 4.96. The lowest BCUT2D eigenvalue weighted by Crippen LogP contribution is -2.46. The molecule has 3 rings (SSSR count). The second-order valence-electron chi connectivity index (χ2n) is 8.97. The molecule has 34 heavy (non-hydrogen) atoms. The van der Waals surface area contributed by atoms with Gasteiger partial charge in [0.25, 0.3) is 0 Å². The fourth-order valence-corrected chi connectivity index (χ4v) is 5.73. The monoisotopic (exact) mass is 488 g/mol. The predicted octanol–water partition coefficient (Wildman–Crippen LogP) is 3.77. The fourth-order valence-electron chi connectivity index (χ4n) is 4.15. The second kappa shape index (κ2) is 12.2. The fraction of sp³-hybridized carbons (Fsp3) is 0.500. The lowest BCUT2D eigenvalue weighted by molar-refractivity contribution is -0.126. The van der Waals surface area contributed by atoms with Crippen molar-refractivity contribution in [3.63, 3.8) is 0 Å². The first-order valence-corrected chi connectivity index (χ1v) is 13.5. The van der Waals surface area contributed by atoms with Gasteiger partial charge in [-0.15, -0.1) is 0 Å². The smallest absolute Gasteiger partial charge is 0.224 e. The van der Waals surface area contributed by atoms with Crippen molar-refractivity contribution in [2.24, 2.45) is 5.92 Å². The Balaban J connectivity index is 1.51. The Hall–Kier alpha value is -2.58. The lowest BCUT2D eigenvalue weighted by atomic mass is 9.98. The van der Waals surface area contributed by atoms with E-state index in [1.165, 1.54) is 4.31 Å². The van der Waals surface area contributed by atoms with Crippen LogP contribution in [0.4, 0.5) is 0 Å². The van der Waals surface area contributed by atoms with Crippen molar-refractivity contribution in [3.8, 4) is 11.5 Å². The van der Waals surface area contributed by atoms with Gasteiger partial charge < -0.3 is 14.8 Å². The van der Waals surface area contributed by atoms with Crippen molar-refractivity contribution in [1.29, 1.82) is 0 Å². The summed E-state index contributed by atoms with van der Waals surface area (Å²) in [7, 11) is -1.80. The lowest BCUT2D eigenvalue weighted by Gasteiger charge is -2.31. The van der Waals surface area contributed by atoms with Crippen molar-refractivity contribution in [1.82, 2.24) is 9.62 Å². The summed E-state index contributed by atoms with van der Waals surface area (Å²) in [5.74, 6) is 0.911. The summed E-state index contributed by atoms with van der Waals surface area (Å²) < 4.78 is 38.4. The van der Waals surface area contributed by atoms with Crippen LogP contribution in [-0.2, 0) is 27.8 Å². The standard InChI is InChI=1S/C26H36N2O5S/c1-20(2)33-24-14-13-22(17-25(24)32-3)18-27-26(29)23-12-7-15-28(19-23)34(30,31)16-8-11-21-9-5-4-6-10-21/h4-6,9-10,13-14,17,20,23H,7-8,11-12,15-16,18-19H2,1-3H3,(H,27,29). The zero-order chi connectivity index (χ0) is 24.6. The maximum Gasteiger partial charge on any atom is 0.224 e. The van der Waals surface area contributed by atoms with Crippen molar-refractivity contribution < 1.29 is 22.7 Å². The number of benzene rings is 2. The maximum absolute atomic E-state index is 12.9. The molecule has 7 nitrogen and oxygen atoms in total. The zero-order valence-electron chi connectivity index (χ0n) is 20.3. The molecule has 0 aliphatic carbocycles. The van der Waals surface area contributed by atoms with Crippen molar-refractivity contribution in [2.75, 3.05) is 26.0 Å². The van der Waals surface area contributed by atoms with Crippen molar-refractivity contribution >= 4 is 15.9 Å². The van der Waals surface area contributed by atoms with E-state index in [0.29, 0.717) is 43.9 Å². The summed E-state index contributed by atoms with van der Waals surface area (Å²) in [6.07, 6.45) is 2.70. The van der Waals surface area contributed by atoms with Crippen LogP contribution in [0.1, 0.15) is 44.2 Å². The van der Waals surface area contributed by atoms with Crippen LogP contribution in [-0.4, -0.2) is 50.7 Å². The number of ether oxygens (including phenoxy) is 2. The molecule has 8 heteroatoms. The Labute approximate surface area is 203 Å². The molecular weight excluding hydrogens is 452 g/mol. The summed E-state index contributed by atoms with van der Waals surface area (Å²) >= 11 is 0. The first kappa shape index (κ1) is 26.0. The van der Waals surface area contributed by atoms with Crippen molar-refractivity contribution in [3.05, 3.63) is 59.7 Å². The number of amides is 1. The number of nitrogens with zero attached hydrogens (tertiary/aromatic N) is 1. The van der Waals surface area contributed by atoms with Crippen LogP contribution in [0.15, 0.2) is 48.5 Å². The van der Waals surface area contributed by atoms with Crippen LogP contribution < -0.4 is 14.8 Å². The minimum absolute atomic E-state index is 0.0308. The molecule has 1 saturated heterocycles. The Bertz CT molecular complexity index is 1040. The molecule has 2 aromatic rings. The number of hydrogen-bond donors (Lipinski definition) is 1. The maximum atomic E-state index is 12.9. The molecule has 186 valence electrons. The molecule has 0 spiro atoms. The molecule has 1 aliphatic rings. The molecule has 1 N–H and O–H groups in total. The molecule has 0 bridgehead atoms. The zero-order valence-corrected chi connectivity index (χ0v) is 21.1. The summed E-state index contributed by atoms with van der Waals surface area (Å²) in [6, 6.07) is 15.5. The number of piperidine rings is 1. The van der Waals surface area contributed by atoms with E-state index in [2.05, 4.69) is 5.32 Å². The van der Waals surface area contributed by atoms with E-state index in [1.54, 1.807) is 7.11 Å². The van der Waals surface area contributed by atoms with Gasteiger partial charge in [0.15, 0.2) is 11.5 Å². The number of aryl methyl sites for hydroxylation is 1. The Kier molecular flexibility index (Phi) is 9.36. The molecule has 1 heterocycles. The quantitative estimate of drug-likeness (QED) is 0.520. The minimum atomic E-state index is -3.39. The normalized spacial score (nSPS) is 16.9. The van der Waals surface area contributed by atoms with Gasteiger partial charge in [0, 0.05) is 19.6 Å². The summed E-state index contributed by atoms with van der Waals surface area (Å²) in [5.41, 5.74) is 2.02. The number of carbonyl (C=O) groups excluding carboxylic acids is 1. The van der Waals surface area contributed by atoms with Crippen LogP contribution >= 0.6 is 0 Å². The Morgan fingerprint density at radius 2 is 1.88 bits per heavy atom. The highest BCUT2D eigenvalue weighted by Crippen LogP contribution is 2.29. The summed E-state index contributed by atoms with van der Waals surface area (Å²) in [5, 5.41) is 2.96. The molecule has 0 aromatic heterocycles. The molecule has 1 unspecified atom stereocenters. The SMILES string of the molecule is COc1cc(CNC(=O)C2CCCN(S(=O)(=O)CCCc3ccccc3)C2)ccc1OC(C)C. The van der Waals surface area contributed by atoms with E-state index >= 15 is 0 Å². The highest BCUT2D eigenvalue weighted by Gasteiger charge is 2.32. The molecule has 0 radical (unpaired) electrons. The number of sulfonamides is 1. The van der Waals surface area contributed by atoms with Gasteiger partial charge in [-0.3, -0.25) is 4.79 Å². The number of rotatable bonds is 11. The van der Waals surface area contributed by atoms with Crippen LogP contribution in [0, 0.1) is 5.92 Å². The van der Waals surface area contributed by atoms with Crippen LogP contribution in [0.5, 0.6) is 11.5 Å². The van der Waals surface area contributed by atoms with E-state index in [-0.39, 0.29) is 30.2 Å². The van der Waals surface area contributed by atoms with Gasteiger partial charge in [-0.2, -0.15) is 0 Å². The van der Waals surface area contributed by atoms with E-state index < -0.39 is 10.0 Å². The number of methoxy groups -OCH3 is 1. The van der Waals surface area contributed by atoms with Gasteiger partial charge >= 0.3 is 0 Å². The van der Waals surface area contributed by atoms with Crippen molar-refractivity contribution in [2.45, 2.75) is 52.2 Å². The third kappa shape index (κ3) is 7.46. The molecule has 1 amide bonds. The van der Waals surface area contributed by atoms with Crippen LogP contribution in [0.25, 0.3) is 0 Å². The summed E-state index contributed by atoms with van der Waals surface area (Å²) in [4.78, 5) is 12.8. The highest BCUT2D eigenvalue weighted by atomic mass is 32.2. The average molecular weight is 489 g/mol. The molecule has 2 aromatic carbocycles. The van der Waals surface area contributed by atoms with Crippen LogP contribution in [0.2, 0.25) is 0 Å². The third-order valence-electron chi connectivity index (χ3n) is 5.92. The molecule has 1 fully saturated rings. The number of carbonyl (C=O) groups is 1. The molecular formula is C26H36N2O5S. The molecule has 0 saturated carbocycles. The van der Waals surface area contributed by atoms with Gasteiger partial charge in [0.2, 0.25) is 15.9 Å². The van der Waals surface area contributed by atoms with E-state index in [4.69, 9.17) is 9.47 Å². The van der Waals surface area contributed by atoms with Gasteiger partial charge in [0.1, 0.15) is 0 Å². The van der Waals surface area contributed by atoms with E-state index in [9.17, 15) is 13.2 Å². The topological polar surface area (TPSA) is 84.9 Å². The van der Waals surface area contributed by atoms with Crippen LogP contribution in [0.3, 0.4) is 0 Å². The first-order valence-electron chi connectivity index (χ1n) is 11.9. The molecule has 1 atom stereocenters. The van der Waals surface area contributed by atoms with Gasteiger partial charge in [0.05, 0.1) is 24.9 Å². The van der Waals surface area contributed by atoms with E-state index in [0.717, 1.165) is 17.5 Å². The Morgan fingerprint density at radius 3 is 2.59 bits per heavy atom.